The Hall–Kier alpha value is -2.89. The summed E-state index contributed by atoms with van der Waals surface area (Å²) in [5.74, 6) is -0.863. The van der Waals surface area contributed by atoms with Gasteiger partial charge in [-0.05, 0) is 61.4 Å². The van der Waals surface area contributed by atoms with E-state index in [9.17, 15) is 9.59 Å². The van der Waals surface area contributed by atoms with Crippen LogP contribution in [0.1, 0.15) is 32.1 Å². The molecule has 0 aliphatic rings. The molecule has 7 heteroatoms. The van der Waals surface area contributed by atoms with E-state index >= 15 is 0 Å². The van der Waals surface area contributed by atoms with Crippen molar-refractivity contribution in [1.82, 2.24) is 4.98 Å². The average molecular weight is 414 g/mol. The first kappa shape index (κ1) is 19.9. The Labute approximate surface area is 172 Å². The highest BCUT2D eigenvalue weighted by atomic mass is 35.5. The molecule has 0 bridgehead atoms. The van der Waals surface area contributed by atoms with Crippen molar-refractivity contribution < 1.29 is 9.59 Å². The Balaban J connectivity index is 1.79. The molecule has 0 atom stereocenters. The van der Waals surface area contributed by atoms with Crippen molar-refractivity contribution in [2.45, 2.75) is 13.8 Å². The molecule has 3 rings (SSSR count). The fourth-order valence-electron chi connectivity index (χ4n) is 2.55. The zero-order chi connectivity index (χ0) is 20.3. The van der Waals surface area contributed by atoms with Crippen LogP contribution in [0.3, 0.4) is 0 Å². The first-order valence-corrected chi connectivity index (χ1v) is 9.22. The van der Waals surface area contributed by atoms with Gasteiger partial charge in [0.25, 0.3) is 11.8 Å². The molecule has 0 saturated carbocycles. The van der Waals surface area contributed by atoms with Gasteiger partial charge in [0.2, 0.25) is 0 Å². The average Bonchev–Trinajstić information content (AvgIpc) is 2.69. The summed E-state index contributed by atoms with van der Waals surface area (Å²) in [4.78, 5) is 29.3. The molecule has 0 radical (unpaired) electrons. The van der Waals surface area contributed by atoms with Crippen molar-refractivity contribution in [3.8, 4) is 0 Å². The van der Waals surface area contributed by atoms with Crippen LogP contribution in [0, 0.1) is 13.8 Å². The number of nitrogens with one attached hydrogen (secondary N) is 2. The van der Waals surface area contributed by atoms with Crippen LogP contribution < -0.4 is 10.6 Å². The van der Waals surface area contributed by atoms with Crippen LogP contribution in [-0.2, 0) is 0 Å². The van der Waals surface area contributed by atoms with E-state index in [-0.39, 0.29) is 11.4 Å². The third-order valence-corrected chi connectivity index (χ3v) is 5.07. The Kier molecular flexibility index (Phi) is 5.97. The predicted molar refractivity (Wildman–Crippen MR) is 113 cm³/mol. The third kappa shape index (κ3) is 4.32. The number of carbonyl (C=O) groups excluding carboxylic acids is 2. The Morgan fingerprint density at radius 1 is 0.714 bits per heavy atom. The van der Waals surface area contributed by atoms with E-state index in [0.717, 1.165) is 11.1 Å². The SMILES string of the molecule is Cc1c(Cl)cccc1NC(=O)c1cccc(C(=O)Nc2cccc(Cl)c2C)n1. The predicted octanol–water partition coefficient (Wildman–Crippen LogP) is 5.51. The topological polar surface area (TPSA) is 71.1 Å². The van der Waals surface area contributed by atoms with Crippen LogP contribution in [0.15, 0.2) is 54.6 Å². The fraction of sp³-hybridized carbons (Fsp3) is 0.0952. The number of rotatable bonds is 4. The van der Waals surface area contributed by atoms with E-state index in [1.54, 1.807) is 42.5 Å². The maximum Gasteiger partial charge on any atom is 0.274 e. The van der Waals surface area contributed by atoms with Crippen LogP contribution in [0.4, 0.5) is 11.4 Å². The van der Waals surface area contributed by atoms with Gasteiger partial charge in [-0.1, -0.05) is 41.4 Å². The number of benzene rings is 2. The van der Waals surface area contributed by atoms with Crippen LogP contribution in [0.2, 0.25) is 10.0 Å². The zero-order valence-corrected chi connectivity index (χ0v) is 16.7. The number of hydrogen-bond donors (Lipinski definition) is 2. The molecule has 1 heterocycles. The standard InChI is InChI=1S/C21H17Cl2N3O2/c1-12-14(22)6-3-8-16(12)25-20(27)18-10-5-11-19(24-18)21(28)26-17-9-4-7-15(23)13(17)2/h3-11H,1-2H3,(H,25,27)(H,26,28). The second kappa shape index (κ2) is 8.42. The molecule has 2 aromatic carbocycles. The molecular weight excluding hydrogens is 397 g/mol. The van der Waals surface area contributed by atoms with Crippen LogP contribution in [0.5, 0.6) is 0 Å². The molecule has 0 aliphatic carbocycles. The smallest absolute Gasteiger partial charge is 0.274 e. The van der Waals surface area contributed by atoms with E-state index in [1.807, 2.05) is 13.8 Å². The third-order valence-electron chi connectivity index (χ3n) is 4.25. The van der Waals surface area contributed by atoms with Crippen molar-refractivity contribution in [1.29, 1.82) is 0 Å². The maximum absolute atomic E-state index is 12.5. The van der Waals surface area contributed by atoms with E-state index in [4.69, 9.17) is 23.2 Å². The van der Waals surface area contributed by atoms with Crippen LogP contribution in [-0.4, -0.2) is 16.8 Å². The van der Waals surface area contributed by atoms with Gasteiger partial charge < -0.3 is 10.6 Å². The summed E-state index contributed by atoms with van der Waals surface area (Å²) >= 11 is 12.2. The summed E-state index contributed by atoms with van der Waals surface area (Å²) in [6, 6.07) is 15.2. The summed E-state index contributed by atoms with van der Waals surface area (Å²) in [5, 5.41) is 6.63. The van der Waals surface area contributed by atoms with Gasteiger partial charge >= 0.3 is 0 Å². The van der Waals surface area contributed by atoms with Crippen molar-refractivity contribution >= 4 is 46.4 Å². The second-order valence-electron chi connectivity index (χ2n) is 6.14. The summed E-state index contributed by atoms with van der Waals surface area (Å²) in [7, 11) is 0. The minimum atomic E-state index is -0.432. The highest BCUT2D eigenvalue weighted by Gasteiger charge is 2.15. The lowest BCUT2D eigenvalue weighted by Crippen LogP contribution is -2.19. The van der Waals surface area contributed by atoms with Gasteiger partial charge in [-0.25, -0.2) is 4.98 Å². The Bertz CT molecular complexity index is 987. The molecule has 2 amide bonds. The maximum atomic E-state index is 12.5. The number of anilines is 2. The molecule has 5 nitrogen and oxygen atoms in total. The monoisotopic (exact) mass is 413 g/mol. The minimum absolute atomic E-state index is 0.120. The zero-order valence-electron chi connectivity index (χ0n) is 15.2. The largest absolute Gasteiger partial charge is 0.320 e. The lowest BCUT2D eigenvalue weighted by Gasteiger charge is -2.11. The molecule has 2 N–H and O–H groups in total. The van der Waals surface area contributed by atoms with E-state index < -0.39 is 11.8 Å². The van der Waals surface area contributed by atoms with E-state index in [1.165, 1.54) is 12.1 Å². The van der Waals surface area contributed by atoms with Gasteiger partial charge in [0, 0.05) is 21.4 Å². The van der Waals surface area contributed by atoms with Crippen LogP contribution >= 0.6 is 23.2 Å². The van der Waals surface area contributed by atoms with Crippen molar-refractivity contribution in [3.05, 3.63) is 87.2 Å². The molecule has 3 aromatic rings. The number of carbonyl (C=O) groups is 2. The minimum Gasteiger partial charge on any atom is -0.320 e. The lowest BCUT2D eigenvalue weighted by atomic mass is 10.2. The number of aromatic nitrogens is 1. The summed E-state index contributed by atoms with van der Waals surface area (Å²) in [6.45, 7) is 3.62. The molecule has 0 unspecified atom stereocenters. The van der Waals surface area contributed by atoms with Gasteiger partial charge in [0.05, 0.1) is 0 Å². The first-order chi connectivity index (χ1) is 13.4. The Morgan fingerprint density at radius 2 is 1.11 bits per heavy atom. The highest BCUT2D eigenvalue weighted by Crippen LogP contribution is 2.24. The molecule has 142 valence electrons. The molecule has 0 spiro atoms. The normalized spacial score (nSPS) is 10.4. The number of pyridine rings is 1. The summed E-state index contributed by atoms with van der Waals surface area (Å²) in [6.07, 6.45) is 0. The fourth-order valence-corrected chi connectivity index (χ4v) is 2.90. The second-order valence-corrected chi connectivity index (χ2v) is 6.96. The van der Waals surface area contributed by atoms with Crippen molar-refractivity contribution in [2.75, 3.05) is 10.6 Å². The molecule has 1 aromatic heterocycles. The Morgan fingerprint density at radius 3 is 1.54 bits per heavy atom. The van der Waals surface area contributed by atoms with E-state index in [0.29, 0.717) is 21.4 Å². The molecule has 0 fully saturated rings. The van der Waals surface area contributed by atoms with Crippen molar-refractivity contribution in [3.63, 3.8) is 0 Å². The van der Waals surface area contributed by atoms with Crippen molar-refractivity contribution in [2.24, 2.45) is 0 Å². The van der Waals surface area contributed by atoms with Crippen LogP contribution in [0.25, 0.3) is 0 Å². The number of hydrogen-bond acceptors (Lipinski definition) is 3. The van der Waals surface area contributed by atoms with Gasteiger partial charge in [0.1, 0.15) is 11.4 Å². The number of halogens is 2. The van der Waals surface area contributed by atoms with Gasteiger partial charge in [-0.15, -0.1) is 0 Å². The van der Waals surface area contributed by atoms with Gasteiger partial charge in [0.15, 0.2) is 0 Å². The summed E-state index contributed by atoms with van der Waals surface area (Å²) in [5.41, 5.74) is 2.92. The quantitative estimate of drug-likeness (QED) is 0.592. The molecule has 0 aliphatic heterocycles. The number of nitrogens with zero attached hydrogens (tertiary/aromatic N) is 1. The van der Waals surface area contributed by atoms with Gasteiger partial charge in [-0.3, -0.25) is 9.59 Å². The van der Waals surface area contributed by atoms with Gasteiger partial charge in [-0.2, -0.15) is 0 Å². The lowest BCUT2D eigenvalue weighted by molar-refractivity contribution is 0.101. The molecule has 28 heavy (non-hydrogen) atoms. The van der Waals surface area contributed by atoms with E-state index in [2.05, 4.69) is 15.6 Å². The first-order valence-electron chi connectivity index (χ1n) is 8.47. The summed E-state index contributed by atoms with van der Waals surface area (Å²) < 4.78 is 0. The molecular formula is C21H17Cl2N3O2. The highest BCUT2D eigenvalue weighted by molar-refractivity contribution is 6.32. The molecule has 0 saturated heterocycles. The number of amides is 2.